The largest absolute Gasteiger partial charge is 0.349 e. The second kappa shape index (κ2) is 9.53. The first-order valence-corrected chi connectivity index (χ1v) is 12.6. The Morgan fingerprint density at radius 1 is 1.03 bits per heavy atom. The summed E-state index contributed by atoms with van der Waals surface area (Å²) in [5, 5.41) is 3.15. The fourth-order valence-corrected chi connectivity index (χ4v) is 5.91. The predicted octanol–water partition coefficient (Wildman–Crippen LogP) is 4.34. The SMILES string of the molecule is Cc1cccc(CS(=O)(=O)N2CCC(C(=O)N[C@@H](C)c3cc(C)c(C)cc3C)CC2)c1. The molecule has 0 saturated carbocycles. The number of nitrogens with one attached hydrogen (secondary N) is 1. The van der Waals surface area contributed by atoms with Gasteiger partial charge >= 0.3 is 0 Å². The number of aryl methyl sites for hydroxylation is 4. The highest BCUT2D eigenvalue weighted by atomic mass is 32.2. The van der Waals surface area contributed by atoms with Gasteiger partial charge < -0.3 is 5.32 Å². The van der Waals surface area contributed by atoms with Crippen LogP contribution in [-0.2, 0) is 20.6 Å². The van der Waals surface area contributed by atoms with Gasteiger partial charge in [0.1, 0.15) is 0 Å². The molecule has 1 aliphatic rings. The lowest BCUT2D eigenvalue weighted by Crippen LogP contribution is -2.43. The minimum absolute atomic E-state index is 0.00856. The van der Waals surface area contributed by atoms with E-state index in [1.165, 1.54) is 21.0 Å². The Balaban J connectivity index is 1.57. The van der Waals surface area contributed by atoms with E-state index in [4.69, 9.17) is 0 Å². The average molecular weight is 443 g/mol. The van der Waals surface area contributed by atoms with Crippen molar-refractivity contribution in [1.29, 1.82) is 0 Å². The Bertz CT molecular complexity index is 1050. The first-order chi connectivity index (χ1) is 14.6. The van der Waals surface area contributed by atoms with Gasteiger partial charge in [0.05, 0.1) is 11.8 Å². The van der Waals surface area contributed by atoms with E-state index >= 15 is 0 Å². The summed E-state index contributed by atoms with van der Waals surface area (Å²) in [5.74, 6) is -0.130. The fraction of sp³-hybridized carbons (Fsp3) is 0.480. The van der Waals surface area contributed by atoms with Crippen molar-refractivity contribution in [3.05, 3.63) is 69.8 Å². The van der Waals surface area contributed by atoms with E-state index in [1.54, 1.807) is 0 Å². The number of amides is 1. The molecule has 1 N–H and O–H groups in total. The van der Waals surface area contributed by atoms with Crippen LogP contribution in [0.2, 0.25) is 0 Å². The molecule has 1 aliphatic heterocycles. The van der Waals surface area contributed by atoms with E-state index < -0.39 is 10.0 Å². The normalized spacial score (nSPS) is 16.8. The highest BCUT2D eigenvalue weighted by Crippen LogP contribution is 2.25. The molecule has 2 aromatic carbocycles. The van der Waals surface area contributed by atoms with E-state index in [0.717, 1.165) is 16.7 Å². The maximum atomic E-state index is 12.9. The summed E-state index contributed by atoms with van der Waals surface area (Å²) in [5.41, 5.74) is 6.63. The number of nitrogens with zero attached hydrogens (tertiary/aromatic N) is 1. The van der Waals surface area contributed by atoms with E-state index in [1.807, 2.05) is 38.1 Å². The van der Waals surface area contributed by atoms with Gasteiger partial charge in [-0.05, 0) is 75.3 Å². The van der Waals surface area contributed by atoms with Gasteiger partial charge in [0.2, 0.25) is 15.9 Å². The predicted molar refractivity (Wildman–Crippen MR) is 125 cm³/mol. The van der Waals surface area contributed by atoms with E-state index in [-0.39, 0.29) is 23.6 Å². The molecule has 1 saturated heterocycles. The fourth-order valence-electron chi connectivity index (χ4n) is 4.36. The minimum Gasteiger partial charge on any atom is -0.349 e. The van der Waals surface area contributed by atoms with Crippen LogP contribution in [0.25, 0.3) is 0 Å². The lowest BCUT2D eigenvalue weighted by atomic mass is 9.94. The van der Waals surface area contributed by atoms with Gasteiger partial charge in [0, 0.05) is 19.0 Å². The summed E-state index contributed by atoms with van der Waals surface area (Å²) in [7, 11) is -3.38. The number of carbonyl (C=O) groups excluding carboxylic acids is 1. The first-order valence-electron chi connectivity index (χ1n) is 11.0. The van der Waals surface area contributed by atoms with Gasteiger partial charge in [0.25, 0.3) is 0 Å². The van der Waals surface area contributed by atoms with Gasteiger partial charge in [-0.2, -0.15) is 0 Å². The highest BCUT2D eigenvalue weighted by Gasteiger charge is 2.31. The molecule has 0 radical (unpaired) electrons. The van der Waals surface area contributed by atoms with Crippen molar-refractivity contribution in [2.45, 2.75) is 59.3 Å². The number of carbonyl (C=O) groups is 1. The Labute approximate surface area is 186 Å². The molecular formula is C25H34N2O3S. The quantitative estimate of drug-likeness (QED) is 0.724. The standard InChI is InChI=1S/C25H34N2O3S/c1-17-7-6-8-22(13-17)16-31(29,30)27-11-9-23(10-12-27)25(28)26-21(5)24-15-19(3)18(2)14-20(24)4/h6-8,13-15,21,23H,9-12,16H2,1-5H3,(H,26,28)/t21-/m0/s1. The van der Waals surface area contributed by atoms with Crippen LogP contribution >= 0.6 is 0 Å². The molecule has 0 bridgehead atoms. The van der Waals surface area contributed by atoms with Crippen LogP contribution in [0.15, 0.2) is 36.4 Å². The molecule has 1 atom stereocenters. The minimum atomic E-state index is -3.38. The summed E-state index contributed by atoms with van der Waals surface area (Å²) < 4.78 is 27.2. The molecule has 1 fully saturated rings. The lowest BCUT2D eigenvalue weighted by molar-refractivity contribution is -0.126. The zero-order chi connectivity index (χ0) is 22.8. The summed E-state index contributed by atoms with van der Waals surface area (Å²) in [6, 6.07) is 11.8. The Kier molecular flexibility index (Phi) is 7.22. The van der Waals surface area contributed by atoms with Crippen molar-refractivity contribution >= 4 is 15.9 Å². The Morgan fingerprint density at radius 2 is 1.68 bits per heavy atom. The monoisotopic (exact) mass is 442 g/mol. The van der Waals surface area contributed by atoms with Crippen LogP contribution in [0.1, 0.15) is 59.2 Å². The van der Waals surface area contributed by atoms with Gasteiger partial charge in [-0.3, -0.25) is 4.79 Å². The van der Waals surface area contributed by atoms with Crippen LogP contribution < -0.4 is 5.32 Å². The van der Waals surface area contributed by atoms with Gasteiger partial charge in [0.15, 0.2) is 0 Å². The molecule has 5 nitrogen and oxygen atoms in total. The molecule has 168 valence electrons. The Hall–Kier alpha value is -2.18. The summed E-state index contributed by atoms with van der Waals surface area (Å²) in [6.45, 7) is 11.0. The number of piperidine rings is 1. The highest BCUT2D eigenvalue weighted by molar-refractivity contribution is 7.88. The molecule has 3 rings (SSSR count). The molecule has 31 heavy (non-hydrogen) atoms. The van der Waals surface area contributed by atoms with Crippen LogP contribution in [0, 0.1) is 33.6 Å². The van der Waals surface area contributed by atoms with E-state index in [9.17, 15) is 13.2 Å². The summed E-state index contributed by atoms with van der Waals surface area (Å²) >= 11 is 0. The van der Waals surface area contributed by atoms with Gasteiger partial charge in [-0.1, -0.05) is 42.0 Å². The van der Waals surface area contributed by atoms with Crippen LogP contribution in [-0.4, -0.2) is 31.7 Å². The van der Waals surface area contributed by atoms with Crippen molar-refractivity contribution in [3.63, 3.8) is 0 Å². The number of hydrogen-bond acceptors (Lipinski definition) is 3. The smallest absolute Gasteiger partial charge is 0.223 e. The average Bonchev–Trinajstić information content (AvgIpc) is 2.70. The molecule has 0 aliphatic carbocycles. The van der Waals surface area contributed by atoms with Crippen molar-refractivity contribution in [2.24, 2.45) is 5.92 Å². The van der Waals surface area contributed by atoms with Gasteiger partial charge in [-0.25, -0.2) is 12.7 Å². The lowest BCUT2D eigenvalue weighted by Gasteiger charge is -2.31. The van der Waals surface area contributed by atoms with E-state index in [0.29, 0.717) is 25.9 Å². The maximum Gasteiger partial charge on any atom is 0.223 e. The molecule has 1 heterocycles. The Morgan fingerprint density at radius 3 is 2.32 bits per heavy atom. The zero-order valence-corrected chi connectivity index (χ0v) is 20.1. The first kappa shape index (κ1) is 23.5. The number of benzene rings is 2. The molecule has 0 spiro atoms. The van der Waals surface area contributed by atoms with Crippen molar-refractivity contribution in [3.8, 4) is 0 Å². The maximum absolute atomic E-state index is 12.9. The third-order valence-electron chi connectivity index (χ3n) is 6.36. The molecule has 0 aromatic heterocycles. The molecular weight excluding hydrogens is 408 g/mol. The third kappa shape index (κ3) is 5.74. The summed E-state index contributed by atoms with van der Waals surface area (Å²) in [4.78, 5) is 12.9. The number of sulfonamides is 1. The van der Waals surface area contributed by atoms with Crippen LogP contribution in [0.5, 0.6) is 0 Å². The van der Waals surface area contributed by atoms with Crippen molar-refractivity contribution < 1.29 is 13.2 Å². The zero-order valence-electron chi connectivity index (χ0n) is 19.2. The van der Waals surface area contributed by atoms with Gasteiger partial charge in [-0.15, -0.1) is 0 Å². The summed E-state index contributed by atoms with van der Waals surface area (Å²) in [6.07, 6.45) is 1.11. The second-order valence-electron chi connectivity index (χ2n) is 8.94. The van der Waals surface area contributed by atoms with Crippen molar-refractivity contribution in [1.82, 2.24) is 9.62 Å². The topological polar surface area (TPSA) is 66.5 Å². The molecule has 6 heteroatoms. The van der Waals surface area contributed by atoms with Crippen molar-refractivity contribution in [2.75, 3.05) is 13.1 Å². The number of rotatable bonds is 6. The number of hydrogen-bond donors (Lipinski definition) is 1. The second-order valence-corrected chi connectivity index (χ2v) is 10.9. The third-order valence-corrected chi connectivity index (χ3v) is 8.21. The van der Waals surface area contributed by atoms with E-state index in [2.05, 4.69) is 38.2 Å². The molecule has 2 aromatic rings. The molecule has 0 unspecified atom stereocenters. The van der Waals surface area contributed by atoms with Crippen LogP contribution in [0.4, 0.5) is 0 Å². The molecule has 1 amide bonds. The van der Waals surface area contributed by atoms with Crippen LogP contribution in [0.3, 0.4) is 0 Å².